The van der Waals surface area contributed by atoms with Crippen LogP contribution in [0.15, 0.2) is 23.8 Å². The van der Waals surface area contributed by atoms with E-state index < -0.39 is 0 Å². The number of hydrogen-bond acceptors (Lipinski definition) is 1. The Labute approximate surface area is 88.8 Å². The molecular formula is C13H14FN. The number of rotatable bonds is 0. The molecule has 0 unspecified atom stereocenters. The standard InChI is InChI=1S/C13H14FN/c14-13-3-1-2-10-11-7-9(15)5-4-8(11)6-12(10)13/h1-3,9H,4-7,15H2/t9-/m1/s1. The van der Waals surface area contributed by atoms with Crippen LogP contribution < -0.4 is 5.73 Å². The highest BCUT2D eigenvalue weighted by molar-refractivity contribution is 5.77. The molecule has 78 valence electrons. The summed E-state index contributed by atoms with van der Waals surface area (Å²) in [5.74, 6) is -0.0597. The molecule has 3 rings (SSSR count). The number of benzene rings is 1. The molecule has 0 radical (unpaired) electrons. The summed E-state index contributed by atoms with van der Waals surface area (Å²) in [7, 11) is 0. The molecule has 2 N–H and O–H groups in total. The predicted octanol–water partition coefficient (Wildman–Crippen LogP) is 2.65. The zero-order chi connectivity index (χ0) is 10.4. The third kappa shape index (κ3) is 1.32. The Kier molecular flexibility index (Phi) is 1.93. The average molecular weight is 203 g/mol. The second kappa shape index (κ2) is 3.17. The van der Waals surface area contributed by atoms with Crippen LogP contribution in [0.5, 0.6) is 0 Å². The first kappa shape index (κ1) is 9.10. The van der Waals surface area contributed by atoms with Crippen LogP contribution in [0, 0.1) is 5.82 Å². The van der Waals surface area contributed by atoms with Crippen molar-refractivity contribution in [3.8, 4) is 0 Å². The van der Waals surface area contributed by atoms with Crippen molar-refractivity contribution in [3.63, 3.8) is 0 Å². The molecule has 2 aliphatic carbocycles. The monoisotopic (exact) mass is 203 g/mol. The summed E-state index contributed by atoms with van der Waals surface area (Å²) in [6.45, 7) is 0. The van der Waals surface area contributed by atoms with Crippen LogP contribution in [0.1, 0.15) is 30.4 Å². The lowest BCUT2D eigenvalue weighted by molar-refractivity contribution is 0.595. The van der Waals surface area contributed by atoms with Crippen molar-refractivity contribution in [2.24, 2.45) is 5.73 Å². The Morgan fingerprint density at radius 2 is 2.20 bits per heavy atom. The van der Waals surface area contributed by atoms with Crippen LogP contribution in [0.2, 0.25) is 0 Å². The molecule has 0 saturated carbocycles. The SMILES string of the molecule is N[C@@H]1CCC2=C(C1)c1cccc(F)c1C2. The Bertz CT molecular complexity index is 448. The maximum absolute atomic E-state index is 13.6. The lowest BCUT2D eigenvalue weighted by atomic mass is 9.89. The van der Waals surface area contributed by atoms with Gasteiger partial charge in [0.15, 0.2) is 0 Å². The number of hydrogen-bond donors (Lipinski definition) is 1. The molecule has 15 heavy (non-hydrogen) atoms. The predicted molar refractivity (Wildman–Crippen MR) is 58.9 cm³/mol. The Balaban J connectivity index is 2.09. The van der Waals surface area contributed by atoms with Gasteiger partial charge in [-0.25, -0.2) is 4.39 Å². The van der Waals surface area contributed by atoms with Crippen molar-refractivity contribution in [1.29, 1.82) is 0 Å². The van der Waals surface area contributed by atoms with E-state index in [0.29, 0.717) is 0 Å². The van der Waals surface area contributed by atoms with Gasteiger partial charge in [-0.15, -0.1) is 0 Å². The summed E-state index contributed by atoms with van der Waals surface area (Å²) in [4.78, 5) is 0. The molecule has 2 aliphatic rings. The van der Waals surface area contributed by atoms with E-state index in [2.05, 4.69) is 0 Å². The lowest BCUT2D eigenvalue weighted by Crippen LogP contribution is -2.23. The Hall–Kier alpha value is -1.15. The molecule has 1 atom stereocenters. The maximum atomic E-state index is 13.6. The fourth-order valence-electron chi connectivity index (χ4n) is 2.75. The highest BCUT2D eigenvalue weighted by Gasteiger charge is 2.28. The third-order valence-electron chi connectivity index (χ3n) is 3.54. The van der Waals surface area contributed by atoms with Gasteiger partial charge in [0.1, 0.15) is 5.82 Å². The van der Waals surface area contributed by atoms with Gasteiger partial charge in [0.2, 0.25) is 0 Å². The van der Waals surface area contributed by atoms with E-state index in [1.54, 1.807) is 12.1 Å². The quantitative estimate of drug-likeness (QED) is 0.689. The van der Waals surface area contributed by atoms with Gasteiger partial charge >= 0.3 is 0 Å². The molecule has 0 spiro atoms. The van der Waals surface area contributed by atoms with Crippen LogP contribution >= 0.6 is 0 Å². The van der Waals surface area contributed by atoms with Crippen molar-refractivity contribution in [3.05, 3.63) is 40.7 Å². The third-order valence-corrected chi connectivity index (χ3v) is 3.54. The number of halogens is 1. The highest BCUT2D eigenvalue weighted by Crippen LogP contribution is 2.41. The molecule has 0 bridgehead atoms. The van der Waals surface area contributed by atoms with Crippen LogP contribution in [-0.2, 0) is 6.42 Å². The van der Waals surface area contributed by atoms with E-state index in [1.807, 2.05) is 6.07 Å². The molecule has 0 fully saturated rings. The average Bonchev–Trinajstić information content (AvgIpc) is 2.58. The molecule has 1 nitrogen and oxygen atoms in total. The van der Waals surface area contributed by atoms with Gasteiger partial charge in [-0.2, -0.15) is 0 Å². The van der Waals surface area contributed by atoms with Gasteiger partial charge in [-0.05, 0) is 48.4 Å². The summed E-state index contributed by atoms with van der Waals surface area (Å²) >= 11 is 0. The van der Waals surface area contributed by atoms with Gasteiger partial charge in [-0.3, -0.25) is 0 Å². The van der Waals surface area contributed by atoms with E-state index in [9.17, 15) is 4.39 Å². The van der Waals surface area contributed by atoms with Crippen LogP contribution in [0.25, 0.3) is 5.57 Å². The van der Waals surface area contributed by atoms with E-state index in [0.717, 1.165) is 36.8 Å². The molecule has 0 aromatic heterocycles. The molecule has 2 heteroatoms. The second-order valence-corrected chi connectivity index (χ2v) is 4.53. The summed E-state index contributed by atoms with van der Waals surface area (Å²) in [6.07, 6.45) is 3.83. The van der Waals surface area contributed by atoms with E-state index in [1.165, 1.54) is 11.1 Å². The smallest absolute Gasteiger partial charge is 0.127 e. The van der Waals surface area contributed by atoms with E-state index in [-0.39, 0.29) is 11.9 Å². The molecule has 0 saturated heterocycles. The molecule has 1 aromatic carbocycles. The first-order chi connectivity index (χ1) is 7.25. The van der Waals surface area contributed by atoms with Crippen molar-refractivity contribution in [1.82, 2.24) is 0 Å². The zero-order valence-electron chi connectivity index (χ0n) is 8.59. The van der Waals surface area contributed by atoms with Crippen LogP contribution in [0.3, 0.4) is 0 Å². The van der Waals surface area contributed by atoms with Gasteiger partial charge in [0.25, 0.3) is 0 Å². The topological polar surface area (TPSA) is 26.0 Å². The molecule has 0 aliphatic heterocycles. The number of nitrogens with two attached hydrogens (primary N) is 1. The molecule has 0 amide bonds. The minimum Gasteiger partial charge on any atom is -0.327 e. The highest BCUT2D eigenvalue weighted by atomic mass is 19.1. The maximum Gasteiger partial charge on any atom is 0.127 e. The summed E-state index contributed by atoms with van der Waals surface area (Å²) in [5, 5.41) is 0. The number of allylic oxidation sites excluding steroid dienone is 1. The van der Waals surface area contributed by atoms with Crippen molar-refractivity contribution < 1.29 is 4.39 Å². The van der Waals surface area contributed by atoms with Gasteiger partial charge < -0.3 is 5.73 Å². The molecule has 0 heterocycles. The van der Waals surface area contributed by atoms with Crippen molar-refractivity contribution in [2.75, 3.05) is 0 Å². The number of fused-ring (bicyclic) bond motifs is 2. The lowest BCUT2D eigenvalue weighted by Gasteiger charge is -2.20. The second-order valence-electron chi connectivity index (χ2n) is 4.53. The molecular weight excluding hydrogens is 189 g/mol. The Morgan fingerprint density at radius 1 is 1.33 bits per heavy atom. The van der Waals surface area contributed by atoms with E-state index in [4.69, 9.17) is 5.73 Å². The first-order valence-corrected chi connectivity index (χ1v) is 5.50. The zero-order valence-corrected chi connectivity index (χ0v) is 8.59. The molecule has 1 aromatic rings. The summed E-state index contributed by atoms with van der Waals surface area (Å²) in [6, 6.07) is 5.64. The minimum absolute atomic E-state index is 0.0597. The fraction of sp³-hybridized carbons (Fsp3) is 0.385. The fourth-order valence-corrected chi connectivity index (χ4v) is 2.75. The van der Waals surface area contributed by atoms with Gasteiger partial charge in [-0.1, -0.05) is 17.7 Å². The summed E-state index contributed by atoms with van der Waals surface area (Å²) in [5.41, 5.74) is 10.7. The largest absolute Gasteiger partial charge is 0.327 e. The van der Waals surface area contributed by atoms with E-state index >= 15 is 0 Å². The van der Waals surface area contributed by atoms with Crippen LogP contribution in [-0.4, -0.2) is 6.04 Å². The van der Waals surface area contributed by atoms with Crippen molar-refractivity contribution in [2.45, 2.75) is 31.7 Å². The first-order valence-electron chi connectivity index (χ1n) is 5.50. The summed E-state index contributed by atoms with van der Waals surface area (Å²) < 4.78 is 13.6. The van der Waals surface area contributed by atoms with Gasteiger partial charge in [0, 0.05) is 6.04 Å². The Morgan fingerprint density at radius 3 is 3.07 bits per heavy atom. The minimum atomic E-state index is -0.0597. The van der Waals surface area contributed by atoms with Crippen LogP contribution in [0.4, 0.5) is 4.39 Å². The normalized spacial score (nSPS) is 24.0. The van der Waals surface area contributed by atoms with Crippen molar-refractivity contribution >= 4 is 5.57 Å². The van der Waals surface area contributed by atoms with Gasteiger partial charge in [0.05, 0.1) is 0 Å².